The molecule has 1 saturated carbocycles. The molecule has 1 aromatic carbocycles. The van der Waals surface area contributed by atoms with Gasteiger partial charge in [0.2, 0.25) is 0 Å². The third-order valence-corrected chi connectivity index (χ3v) is 3.90. The van der Waals surface area contributed by atoms with Gasteiger partial charge in [0.25, 0.3) is 0 Å². The monoisotopic (exact) mass is 230 g/mol. The van der Waals surface area contributed by atoms with E-state index in [9.17, 15) is 4.79 Å². The molecule has 1 aromatic rings. The highest BCUT2D eigenvalue weighted by Crippen LogP contribution is 2.38. The summed E-state index contributed by atoms with van der Waals surface area (Å²) in [5.74, 6) is 1.22. The van der Waals surface area contributed by atoms with Gasteiger partial charge < -0.3 is 0 Å². The summed E-state index contributed by atoms with van der Waals surface area (Å²) >= 11 is 0. The van der Waals surface area contributed by atoms with Crippen molar-refractivity contribution in [2.24, 2.45) is 5.92 Å². The molecular weight excluding hydrogens is 208 g/mol. The lowest BCUT2D eigenvalue weighted by atomic mass is 9.72. The molecule has 0 amide bonds. The predicted molar refractivity (Wildman–Crippen MR) is 71.1 cm³/mol. The van der Waals surface area contributed by atoms with Gasteiger partial charge in [0.15, 0.2) is 0 Å². The lowest BCUT2D eigenvalue weighted by molar-refractivity contribution is -0.123. The molecule has 0 N–H and O–H groups in total. The Hall–Kier alpha value is -1.11. The van der Waals surface area contributed by atoms with Gasteiger partial charge in [-0.3, -0.25) is 4.79 Å². The highest BCUT2D eigenvalue weighted by Gasteiger charge is 2.32. The Morgan fingerprint density at radius 3 is 2.71 bits per heavy atom. The lowest BCUT2D eigenvalue weighted by Gasteiger charge is -2.30. The molecule has 0 saturated heterocycles. The highest BCUT2D eigenvalue weighted by molar-refractivity contribution is 5.86. The molecule has 0 spiro atoms. The summed E-state index contributed by atoms with van der Waals surface area (Å²) in [5, 5.41) is 0. The van der Waals surface area contributed by atoms with Crippen molar-refractivity contribution in [2.75, 3.05) is 0 Å². The van der Waals surface area contributed by atoms with Crippen molar-refractivity contribution in [1.29, 1.82) is 0 Å². The van der Waals surface area contributed by atoms with Crippen LogP contribution in [0.2, 0.25) is 0 Å². The van der Waals surface area contributed by atoms with Crippen LogP contribution in [0.1, 0.15) is 56.9 Å². The molecule has 0 heterocycles. The smallest absolute Gasteiger partial charge is 0.140 e. The van der Waals surface area contributed by atoms with Crippen molar-refractivity contribution in [1.82, 2.24) is 0 Å². The molecule has 1 aliphatic carbocycles. The summed E-state index contributed by atoms with van der Waals surface area (Å²) in [4.78, 5) is 12.2. The van der Waals surface area contributed by atoms with E-state index < -0.39 is 0 Å². The van der Waals surface area contributed by atoms with E-state index in [0.717, 1.165) is 12.8 Å². The van der Waals surface area contributed by atoms with Crippen LogP contribution in [0, 0.1) is 5.92 Å². The number of carbonyl (C=O) groups is 1. The van der Waals surface area contributed by atoms with Crippen molar-refractivity contribution in [3.05, 3.63) is 35.9 Å². The molecule has 1 fully saturated rings. The molecule has 1 heteroatoms. The first-order valence-corrected chi connectivity index (χ1v) is 6.90. The molecule has 2 unspecified atom stereocenters. The van der Waals surface area contributed by atoms with Crippen LogP contribution in [0.4, 0.5) is 0 Å². The van der Waals surface area contributed by atoms with Crippen LogP contribution in [0.5, 0.6) is 0 Å². The first kappa shape index (κ1) is 12.3. The van der Waals surface area contributed by atoms with Crippen LogP contribution in [-0.4, -0.2) is 5.78 Å². The molecule has 17 heavy (non-hydrogen) atoms. The minimum atomic E-state index is 0.177. The normalized spacial score (nSPS) is 24.9. The average Bonchev–Trinajstić information content (AvgIpc) is 2.37. The maximum atomic E-state index is 12.2. The van der Waals surface area contributed by atoms with E-state index in [1.807, 2.05) is 18.2 Å². The Morgan fingerprint density at radius 1 is 1.24 bits per heavy atom. The summed E-state index contributed by atoms with van der Waals surface area (Å²) < 4.78 is 0. The number of rotatable bonds is 4. The molecule has 0 aromatic heterocycles. The first-order valence-electron chi connectivity index (χ1n) is 6.90. The largest absolute Gasteiger partial charge is 0.299 e. The van der Waals surface area contributed by atoms with Crippen molar-refractivity contribution in [3.63, 3.8) is 0 Å². The summed E-state index contributed by atoms with van der Waals surface area (Å²) in [6, 6.07) is 10.4. The van der Waals surface area contributed by atoms with Crippen molar-refractivity contribution in [2.45, 2.75) is 51.4 Å². The van der Waals surface area contributed by atoms with Crippen molar-refractivity contribution < 1.29 is 4.79 Å². The van der Waals surface area contributed by atoms with Crippen LogP contribution < -0.4 is 0 Å². The second kappa shape index (κ2) is 6.00. The van der Waals surface area contributed by atoms with Crippen LogP contribution in [0.25, 0.3) is 0 Å². The van der Waals surface area contributed by atoms with Gasteiger partial charge >= 0.3 is 0 Å². The molecule has 92 valence electrons. The number of Topliss-reactive ketones (excluding diaryl/α,β-unsaturated/α-hetero) is 1. The zero-order valence-electron chi connectivity index (χ0n) is 10.7. The zero-order valence-corrected chi connectivity index (χ0v) is 10.7. The van der Waals surface area contributed by atoms with Crippen LogP contribution in [0.3, 0.4) is 0 Å². The Labute approximate surface area is 104 Å². The topological polar surface area (TPSA) is 17.1 Å². The van der Waals surface area contributed by atoms with Crippen LogP contribution in [-0.2, 0) is 4.79 Å². The second-order valence-corrected chi connectivity index (χ2v) is 5.15. The van der Waals surface area contributed by atoms with E-state index in [2.05, 4.69) is 19.1 Å². The SMILES string of the molecule is CCCCC1CCCC(=O)C1c1ccccc1. The molecule has 1 aliphatic rings. The standard InChI is InChI=1S/C16H22O/c1-2-3-8-13-11-7-12-15(17)16(13)14-9-5-4-6-10-14/h4-6,9-10,13,16H,2-3,7-8,11-12H2,1H3. The number of benzene rings is 1. The van der Waals surface area contributed by atoms with Gasteiger partial charge in [-0.05, 0) is 30.7 Å². The molecule has 0 radical (unpaired) electrons. The van der Waals surface area contributed by atoms with Gasteiger partial charge in [0.05, 0.1) is 0 Å². The fourth-order valence-corrected chi connectivity index (χ4v) is 3.02. The lowest BCUT2D eigenvalue weighted by Crippen LogP contribution is -2.26. The van der Waals surface area contributed by atoms with Gasteiger partial charge in [-0.1, -0.05) is 50.1 Å². The summed E-state index contributed by atoms with van der Waals surface area (Å²) in [5.41, 5.74) is 1.23. The minimum absolute atomic E-state index is 0.177. The second-order valence-electron chi connectivity index (χ2n) is 5.15. The highest BCUT2D eigenvalue weighted by atomic mass is 16.1. The van der Waals surface area contributed by atoms with E-state index in [1.54, 1.807) is 0 Å². The molecular formula is C16H22O. The fourth-order valence-electron chi connectivity index (χ4n) is 3.02. The zero-order chi connectivity index (χ0) is 12.1. The van der Waals surface area contributed by atoms with E-state index in [0.29, 0.717) is 11.7 Å². The van der Waals surface area contributed by atoms with Gasteiger partial charge in [0, 0.05) is 12.3 Å². The van der Waals surface area contributed by atoms with Crippen molar-refractivity contribution in [3.8, 4) is 0 Å². The molecule has 2 atom stereocenters. The van der Waals surface area contributed by atoms with Gasteiger partial charge in [-0.25, -0.2) is 0 Å². The summed E-state index contributed by atoms with van der Waals surface area (Å²) in [6.07, 6.45) is 6.79. The average molecular weight is 230 g/mol. The number of hydrogen-bond acceptors (Lipinski definition) is 1. The minimum Gasteiger partial charge on any atom is -0.299 e. The molecule has 2 rings (SSSR count). The maximum absolute atomic E-state index is 12.2. The number of hydrogen-bond donors (Lipinski definition) is 0. The van der Waals surface area contributed by atoms with Crippen LogP contribution in [0.15, 0.2) is 30.3 Å². The maximum Gasteiger partial charge on any atom is 0.140 e. The molecule has 1 nitrogen and oxygen atoms in total. The van der Waals surface area contributed by atoms with E-state index in [1.165, 1.54) is 31.2 Å². The number of carbonyl (C=O) groups excluding carboxylic acids is 1. The Kier molecular flexibility index (Phi) is 4.36. The van der Waals surface area contributed by atoms with E-state index in [4.69, 9.17) is 0 Å². The summed E-state index contributed by atoms with van der Waals surface area (Å²) in [7, 11) is 0. The quantitative estimate of drug-likeness (QED) is 0.752. The predicted octanol–water partition coefficient (Wildman–Crippen LogP) is 4.33. The van der Waals surface area contributed by atoms with Gasteiger partial charge in [0.1, 0.15) is 5.78 Å². The fraction of sp³-hybridized carbons (Fsp3) is 0.562. The molecule has 0 bridgehead atoms. The van der Waals surface area contributed by atoms with E-state index >= 15 is 0 Å². The van der Waals surface area contributed by atoms with Gasteiger partial charge in [-0.2, -0.15) is 0 Å². The third-order valence-electron chi connectivity index (χ3n) is 3.90. The number of unbranched alkanes of at least 4 members (excludes halogenated alkanes) is 1. The Balaban J connectivity index is 2.16. The Morgan fingerprint density at radius 2 is 2.00 bits per heavy atom. The van der Waals surface area contributed by atoms with Gasteiger partial charge in [-0.15, -0.1) is 0 Å². The Bertz CT molecular complexity index is 355. The van der Waals surface area contributed by atoms with E-state index in [-0.39, 0.29) is 5.92 Å². The summed E-state index contributed by atoms with van der Waals surface area (Å²) in [6.45, 7) is 2.22. The van der Waals surface area contributed by atoms with Crippen molar-refractivity contribution >= 4 is 5.78 Å². The number of ketones is 1. The van der Waals surface area contributed by atoms with Crippen LogP contribution >= 0.6 is 0 Å². The third kappa shape index (κ3) is 2.96. The first-order chi connectivity index (χ1) is 8.33. The molecule has 0 aliphatic heterocycles.